The Morgan fingerprint density at radius 2 is 1.89 bits per heavy atom. The summed E-state index contributed by atoms with van der Waals surface area (Å²) in [6.45, 7) is 10.5. The van der Waals surface area contributed by atoms with Crippen LogP contribution in [0.5, 0.6) is 0 Å². The summed E-state index contributed by atoms with van der Waals surface area (Å²) in [4.78, 5) is 18.2. The van der Waals surface area contributed by atoms with Gasteiger partial charge in [-0.15, -0.1) is 0 Å². The number of hydrogen-bond acceptors (Lipinski definition) is 4. The van der Waals surface area contributed by atoms with Crippen LogP contribution in [0.25, 0.3) is 0 Å². The number of aromatic carboxylic acids is 1. The summed E-state index contributed by atoms with van der Waals surface area (Å²) in [5, 5.41) is 10.0. The van der Waals surface area contributed by atoms with Crippen molar-refractivity contribution in [1.82, 2.24) is 4.98 Å². The lowest BCUT2D eigenvalue weighted by Gasteiger charge is -2.25. The largest absolute Gasteiger partial charge is 0.477 e. The van der Waals surface area contributed by atoms with Gasteiger partial charge in [-0.05, 0) is 25.2 Å². The van der Waals surface area contributed by atoms with Crippen LogP contribution in [0, 0.1) is 5.92 Å². The molecule has 0 saturated carbocycles. The zero-order chi connectivity index (χ0) is 14.7. The van der Waals surface area contributed by atoms with E-state index in [-0.39, 0.29) is 5.92 Å². The Labute approximate surface area is 119 Å². The highest BCUT2D eigenvalue weighted by Gasteiger charge is 2.23. The number of hydrogen-bond donors (Lipinski definition) is 1. The van der Waals surface area contributed by atoms with E-state index in [1.165, 1.54) is 11.3 Å². The van der Waals surface area contributed by atoms with E-state index < -0.39 is 5.97 Å². The molecule has 0 spiro atoms. The molecule has 0 aromatic carbocycles. The molecule has 1 aromatic heterocycles. The average molecular weight is 284 g/mol. The van der Waals surface area contributed by atoms with Crippen LogP contribution in [-0.4, -0.2) is 29.1 Å². The second-order valence-electron chi connectivity index (χ2n) is 5.76. The van der Waals surface area contributed by atoms with E-state index in [0.29, 0.717) is 22.5 Å². The zero-order valence-electron chi connectivity index (χ0n) is 12.6. The number of carboxylic acid groups (broad SMARTS) is 1. The first-order valence-corrected chi connectivity index (χ1v) is 7.52. The van der Waals surface area contributed by atoms with Crippen molar-refractivity contribution in [3.05, 3.63) is 10.6 Å². The highest BCUT2D eigenvalue weighted by Crippen LogP contribution is 2.31. The molecule has 0 aliphatic carbocycles. The molecule has 1 aromatic rings. The van der Waals surface area contributed by atoms with Gasteiger partial charge in [0, 0.05) is 13.1 Å². The number of aromatic nitrogens is 1. The fourth-order valence-electron chi connectivity index (χ4n) is 2.04. The highest BCUT2D eigenvalue weighted by atomic mass is 32.1. The van der Waals surface area contributed by atoms with Gasteiger partial charge in [0.05, 0.1) is 5.69 Å². The molecule has 0 aliphatic heterocycles. The van der Waals surface area contributed by atoms with Crippen LogP contribution >= 0.6 is 11.3 Å². The van der Waals surface area contributed by atoms with Gasteiger partial charge < -0.3 is 10.0 Å². The molecule has 1 N–H and O–H groups in total. The normalized spacial score (nSPS) is 13.1. The molecule has 0 bridgehead atoms. The van der Waals surface area contributed by atoms with E-state index in [1.807, 2.05) is 20.9 Å². The molecule has 5 heteroatoms. The predicted octanol–water partition coefficient (Wildman–Crippen LogP) is 3.84. The van der Waals surface area contributed by atoms with Gasteiger partial charge in [-0.3, -0.25) is 0 Å². The third kappa shape index (κ3) is 3.93. The smallest absolute Gasteiger partial charge is 0.347 e. The van der Waals surface area contributed by atoms with Crippen molar-refractivity contribution in [2.24, 2.45) is 5.92 Å². The third-order valence-electron chi connectivity index (χ3n) is 3.16. The van der Waals surface area contributed by atoms with Crippen LogP contribution in [0.15, 0.2) is 0 Å². The van der Waals surface area contributed by atoms with Crippen LogP contribution in [0.4, 0.5) is 5.13 Å². The summed E-state index contributed by atoms with van der Waals surface area (Å²) in [6.07, 6.45) is 1.06. The molecule has 4 nitrogen and oxygen atoms in total. The maximum absolute atomic E-state index is 11.3. The first-order valence-electron chi connectivity index (χ1n) is 6.70. The predicted molar refractivity (Wildman–Crippen MR) is 80.5 cm³/mol. The standard InChI is InChI=1S/C14H24N2O2S/c1-8(2)7-10(5)16(6)14-15-11(9(3)4)12(19-14)13(17)18/h8-10H,7H2,1-6H3,(H,17,18). The Morgan fingerprint density at radius 3 is 2.26 bits per heavy atom. The number of carbonyl (C=O) groups is 1. The minimum absolute atomic E-state index is 0.130. The Bertz CT molecular complexity index is 441. The van der Waals surface area contributed by atoms with E-state index in [0.717, 1.165) is 11.6 Å². The quantitative estimate of drug-likeness (QED) is 0.862. The van der Waals surface area contributed by atoms with E-state index in [1.54, 1.807) is 0 Å². The molecule has 0 amide bonds. The summed E-state index contributed by atoms with van der Waals surface area (Å²) in [7, 11) is 1.99. The van der Waals surface area contributed by atoms with Gasteiger partial charge in [-0.25, -0.2) is 9.78 Å². The summed E-state index contributed by atoms with van der Waals surface area (Å²) in [6, 6.07) is 0.354. The molecule has 1 unspecified atom stereocenters. The lowest BCUT2D eigenvalue weighted by atomic mass is 10.0. The Balaban J connectivity index is 3.01. The van der Waals surface area contributed by atoms with Gasteiger partial charge in [0.1, 0.15) is 4.88 Å². The number of nitrogens with zero attached hydrogens (tertiary/aromatic N) is 2. The maximum atomic E-state index is 11.3. The third-order valence-corrected chi connectivity index (χ3v) is 4.31. The fourth-order valence-corrected chi connectivity index (χ4v) is 3.17. The number of rotatable bonds is 6. The van der Waals surface area contributed by atoms with Crippen molar-refractivity contribution in [3.8, 4) is 0 Å². The van der Waals surface area contributed by atoms with E-state index in [2.05, 4.69) is 30.7 Å². The van der Waals surface area contributed by atoms with Crippen molar-refractivity contribution in [1.29, 1.82) is 0 Å². The average Bonchev–Trinajstić information content (AvgIpc) is 2.71. The maximum Gasteiger partial charge on any atom is 0.347 e. The Hall–Kier alpha value is -1.10. The molecule has 0 saturated heterocycles. The van der Waals surface area contributed by atoms with Gasteiger partial charge >= 0.3 is 5.97 Å². The van der Waals surface area contributed by atoms with Crippen molar-refractivity contribution in [3.63, 3.8) is 0 Å². The molecule has 0 fully saturated rings. The first-order chi connectivity index (χ1) is 8.73. The lowest BCUT2D eigenvalue weighted by molar-refractivity contribution is 0.0700. The van der Waals surface area contributed by atoms with Gasteiger partial charge in [0.2, 0.25) is 0 Å². The number of thiazole rings is 1. The van der Waals surface area contributed by atoms with Gasteiger partial charge in [0.25, 0.3) is 0 Å². The van der Waals surface area contributed by atoms with E-state index in [9.17, 15) is 9.90 Å². The summed E-state index contributed by atoms with van der Waals surface area (Å²) in [5.41, 5.74) is 0.691. The highest BCUT2D eigenvalue weighted by molar-refractivity contribution is 7.17. The first kappa shape index (κ1) is 16.0. The molecule has 1 rings (SSSR count). The zero-order valence-corrected chi connectivity index (χ0v) is 13.4. The minimum atomic E-state index is -0.877. The van der Waals surface area contributed by atoms with Gasteiger partial charge in [-0.1, -0.05) is 39.0 Å². The van der Waals surface area contributed by atoms with Crippen LogP contribution < -0.4 is 4.90 Å². The van der Waals surface area contributed by atoms with Gasteiger partial charge in [-0.2, -0.15) is 0 Å². The minimum Gasteiger partial charge on any atom is -0.477 e. The van der Waals surface area contributed by atoms with E-state index in [4.69, 9.17) is 0 Å². The topological polar surface area (TPSA) is 53.4 Å². The van der Waals surface area contributed by atoms with Crippen molar-refractivity contribution in [2.45, 2.75) is 53.0 Å². The van der Waals surface area contributed by atoms with Crippen LogP contribution in [0.1, 0.15) is 62.3 Å². The molecule has 1 atom stereocenters. The monoisotopic (exact) mass is 284 g/mol. The lowest BCUT2D eigenvalue weighted by Crippen LogP contribution is -2.29. The van der Waals surface area contributed by atoms with Crippen molar-refractivity contribution >= 4 is 22.4 Å². The molecule has 108 valence electrons. The summed E-state index contributed by atoms with van der Waals surface area (Å²) in [5.74, 6) is -0.136. The Kier molecular flexibility index (Phi) is 5.35. The van der Waals surface area contributed by atoms with Crippen molar-refractivity contribution in [2.75, 3.05) is 11.9 Å². The van der Waals surface area contributed by atoms with Crippen molar-refractivity contribution < 1.29 is 9.90 Å². The molecule has 0 aliphatic rings. The van der Waals surface area contributed by atoms with Crippen LogP contribution in [0.3, 0.4) is 0 Å². The molecule has 1 heterocycles. The van der Waals surface area contributed by atoms with Crippen LogP contribution in [0.2, 0.25) is 0 Å². The fraction of sp³-hybridized carbons (Fsp3) is 0.714. The molecule has 0 radical (unpaired) electrons. The SMILES string of the molecule is CC(C)CC(C)N(C)c1nc(C(C)C)c(C(=O)O)s1. The molecular weight excluding hydrogens is 260 g/mol. The summed E-state index contributed by atoms with van der Waals surface area (Å²) >= 11 is 1.27. The number of anilines is 1. The van der Waals surface area contributed by atoms with E-state index >= 15 is 0 Å². The van der Waals surface area contributed by atoms with Crippen LogP contribution in [-0.2, 0) is 0 Å². The van der Waals surface area contributed by atoms with Gasteiger partial charge in [0.15, 0.2) is 5.13 Å². The second kappa shape index (κ2) is 6.37. The number of carboxylic acids is 1. The Morgan fingerprint density at radius 1 is 1.32 bits per heavy atom. The second-order valence-corrected chi connectivity index (χ2v) is 6.74. The molecular formula is C14H24N2O2S. The molecule has 19 heavy (non-hydrogen) atoms. The summed E-state index contributed by atoms with van der Waals surface area (Å²) < 4.78 is 0.